The van der Waals surface area contributed by atoms with Crippen molar-refractivity contribution in [2.45, 2.75) is 25.0 Å². The van der Waals surface area contributed by atoms with Crippen LogP contribution in [-0.2, 0) is 11.2 Å². The van der Waals surface area contributed by atoms with Crippen molar-refractivity contribution in [3.05, 3.63) is 65.2 Å². The van der Waals surface area contributed by atoms with Crippen molar-refractivity contribution < 1.29 is 9.53 Å². The van der Waals surface area contributed by atoms with Crippen LogP contribution in [0.1, 0.15) is 33.9 Å². The number of esters is 1. The Morgan fingerprint density at radius 3 is 2.52 bits per heavy atom. The molecule has 120 valence electrons. The van der Waals surface area contributed by atoms with Crippen LogP contribution < -0.4 is 5.73 Å². The number of benzene rings is 2. The highest BCUT2D eigenvalue weighted by Crippen LogP contribution is 2.35. The summed E-state index contributed by atoms with van der Waals surface area (Å²) in [5, 5.41) is 0. The molecule has 0 fully saturated rings. The molecular formula is C19H22N2O2. The van der Waals surface area contributed by atoms with E-state index in [0.29, 0.717) is 11.3 Å². The van der Waals surface area contributed by atoms with Gasteiger partial charge in [-0.2, -0.15) is 0 Å². The first kappa shape index (κ1) is 15.6. The third-order valence-electron chi connectivity index (χ3n) is 4.39. The summed E-state index contributed by atoms with van der Waals surface area (Å²) in [6.45, 7) is 0. The van der Waals surface area contributed by atoms with Crippen molar-refractivity contribution in [2.75, 3.05) is 19.8 Å². The van der Waals surface area contributed by atoms with Gasteiger partial charge in [0.2, 0.25) is 0 Å². The van der Waals surface area contributed by atoms with Gasteiger partial charge in [0.25, 0.3) is 0 Å². The fourth-order valence-corrected chi connectivity index (χ4v) is 3.27. The molecule has 2 aromatic carbocycles. The van der Waals surface area contributed by atoms with Gasteiger partial charge in [-0.3, -0.25) is 4.90 Å². The van der Waals surface area contributed by atoms with Crippen molar-refractivity contribution >= 4 is 11.7 Å². The minimum atomic E-state index is -0.291. The summed E-state index contributed by atoms with van der Waals surface area (Å²) in [4.78, 5) is 14.5. The van der Waals surface area contributed by atoms with Crippen LogP contribution in [0, 0.1) is 0 Å². The Morgan fingerprint density at radius 1 is 1.13 bits per heavy atom. The first-order valence-electron chi connectivity index (χ1n) is 7.87. The summed E-state index contributed by atoms with van der Waals surface area (Å²) < 4.78 is 5.83. The van der Waals surface area contributed by atoms with E-state index in [1.807, 2.05) is 20.2 Å². The molecule has 0 amide bonds. The Morgan fingerprint density at radius 2 is 1.83 bits per heavy atom. The molecule has 1 aliphatic carbocycles. The number of fused-ring (bicyclic) bond motifs is 1. The van der Waals surface area contributed by atoms with E-state index in [4.69, 9.17) is 10.5 Å². The lowest BCUT2D eigenvalue weighted by Gasteiger charge is -2.37. The number of ether oxygens (including phenoxy) is 1. The molecule has 0 aromatic heterocycles. The Balaban J connectivity index is 1.82. The van der Waals surface area contributed by atoms with E-state index >= 15 is 0 Å². The Labute approximate surface area is 136 Å². The Bertz CT molecular complexity index is 695. The summed E-state index contributed by atoms with van der Waals surface area (Å²) in [6, 6.07) is 15.3. The molecule has 0 aliphatic heterocycles. The van der Waals surface area contributed by atoms with Crippen molar-refractivity contribution in [3.63, 3.8) is 0 Å². The lowest BCUT2D eigenvalue weighted by Crippen LogP contribution is -2.38. The molecule has 4 nitrogen and oxygen atoms in total. The number of nitrogens with zero attached hydrogens (tertiary/aromatic N) is 1. The number of likely N-dealkylation sites (N-methyl/N-ethyl adjacent to an activating group) is 1. The van der Waals surface area contributed by atoms with Gasteiger partial charge < -0.3 is 10.5 Å². The van der Waals surface area contributed by atoms with E-state index in [1.54, 1.807) is 24.3 Å². The number of nitrogen functional groups attached to an aromatic ring is 1. The van der Waals surface area contributed by atoms with E-state index in [2.05, 4.69) is 23.1 Å². The second-order valence-corrected chi connectivity index (χ2v) is 6.21. The molecule has 23 heavy (non-hydrogen) atoms. The third kappa shape index (κ3) is 3.22. The SMILES string of the molecule is CN(C)C1c2ccccc2CCC1OC(=O)c1ccc(N)cc1. The molecule has 2 unspecified atom stereocenters. The third-order valence-corrected chi connectivity index (χ3v) is 4.39. The van der Waals surface area contributed by atoms with Crippen LogP contribution in [0.25, 0.3) is 0 Å². The van der Waals surface area contributed by atoms with Crippen molar-refractivity contribution in [3.8, 4) is 0 Å². The van der Waals surface area contributed by atoms with E-state index in [1.165, 1.54) is 11.1 Å². The Kier molecular flexibility index (Phi) is 4.35. The molecule has 0 bridgehead atoms. The van der Waals surface area contributed by atoms with Gasteiger partial charge in [0.15, 0.2) is 0 Å². The van der Waals surface area contributed by atoms with Crippen LogP contribution in [0.4, 0.5) is 5.69 Å². The molecule has 0 spiro atoms. The molecule has 2 N–H and O–H groups in total. The lowest BCUT2D eigenvalue weighted by molar-refractivity contribution is 0.0000526. The minimum Gasteiger partial charge on any atom is -0.457 e. The van der Waals surface area contributed by atoms with Gasteiger partial charge in [0.05, 0.1) is 11.6 Å². The highest BCUT2D eigenvalue weighted by Gasteiger charge is 2.33. The quantitative estimate of drug-likeness (QED) is 0.699. The van der Waals surface area contributed by atoms with Crippen LogP contribution in [0.5, 0.6) is 0 Å². The molecule has 2 aromatic rings. The molecular weight excluding hydrogens is 288 g/mol. The maximum absolute atomic E-state index is 12.4. The standard InChI is InChI=1S/C19H22N2O2/c1-21(2)18-16-6-4-3-5-13(16)9-12-17(18)23-19(22)14-7-10-15(20)11-8-14/h3-8,10-11,17-18H,9,12,20H2,1-2H3. The molecule has 4 heteroatoms. The predicted octanol–water partition coefficient (Wildman–Crippen LogP) is 3.04. The second kappa shape index (κ2) is 6.42. The molecule has 0 heterocycles. The summed E-state index contributed by atoms with van der Waals surface area (Å²) in [6.07, 6.45) is 1.62. The van der Waals surface area contributed by atoms with Crippen LogP contribution in [-0.4, -0.2) is 31.1 Å². The van der Waals surface area contributed by atoms with Gasteiger partial charge in [0.1, 0.15) is 6.10 Å². The molecule has 1 aliphatic rings. The summed E-state index contributed by atoms with van der Waals surface area (Å²) >= 11 is 0. The number of carbonyl (C=O) groups excluding carboxylic acids is 1. The lowest BCUT2D eigenvalue weighted by atomic mass is 9.85. The van der Waals surface area contributed by atoms with Crippen molar-refractivity contribution in [1.29, 1.82) is 0 Å². The maximum atomic E-state index is 12.4. The van der Waals surface area contributed by atoms with E-state index < -0.39 is 0 Å². The first-order valence-corrected chi connectivity index (χ1v) is 7.87. The molecule has 0 saturated heterocycles. The van der Waals surface area contributed by atoms with E-state index in [0.717, 1.165) is 12.8 Å². The van der Waals surface area contributed by atoms with Crippen LogP contribution >= 0.6 is 0 Å². The van der Waals surface area contributed by atoms with Gasteiger partial charge in [-0.25, -0.2) is 4.79 Å². The maximum Gasteiger partial charge on any atom is 0.338 e. The average molecular weight is 310 g/mol. The summed E-state index contributed by atoms with van der Waals surface area (Å²) in [5.41, 5.74) is 9.43. The zero-order chi connectivity index (χ0) is 16.4. The van der Waals surface area contributed by atoms with Crippen LogP contribution in [0.2, 0.25) is 0 Å². The largest absolute Gasteiger partial charge is 0.457 e. The highest BCUT2D eigenvalue weighted by molar-refractivity contribution is 5.89. The second-order valence-electron chi connectivity index (χ2n) is 6.21. The predicted molar refractivity (Wildman–Crippen MR) is 91.2 cm³/mol. The number of nitrogens with two attached hydrogens (primary N) is 1. The number of rotatable bonds is 3. The van der Waals surface area contributed by atoms with Crippen molar-refractivity contribution in [1.82, 2.24) is 4.90 Å². The number of anilines is 1. The fraction of sp³-hybridized carbons (Fsp3) is 0.316. The number of aryl methyl sites for hydroxylation is 1. The first-order chi connectivity index (χ1) is 11.1. The average Bonchev–Trinajstić information content (AvgIpc) is 2.54. The highest BCUT2D eigenvalue weighted by atomic mass is 16.5. The van der Waals surface area contributed by atoms with Crippen molar-refractivity contribution in [2.24, 2.45) is 0 Å². The Hall–Kier alpha value is -2.33. The van der Waals surface area contributed by atoms with Gasteiger partial charge in [-0.15, -0.1) is 0 Å². The molecule has 0 saturated carbocycles. The summed E-state index contributed by atoms with van der Waals surface area (Å²) in [5.74, 6) is -0.291. The number of hydrogen-bond donors (Lipinski definition) is 1. The fourth-order valence-electron chi connectivity index (χ4n) is 3.27. The van der Waals surface area contributed by atoms with E-state index in [9.17, 15) is 4.79 Å². The zero-order valence-electron chi connectivity index (χ0n) is 13.5. The molecule has 3 rings (SSSR count). The van der Waals surface area contributed by atoms with Gasteiger partial charge >= 0.3 is 5.97 Å². The van der Waals surface area contributed by atoms with Gasteiger partial charge in [-0.1, -0.05) is 24.3 Å². The van der Waals surface area contributed by atoms with Crippen LogP contribution in [0.3, 0.4) is 0 Å². The number of hydrogen-bond acceptors (Lipinski definition) is 4. The normalized spacial score (nSPS) is 20.1. The van der Waals surface area contributed by atoms with Gasteiger partial charge in [0, 0.05) is 5.69 Å². The molecule has 0 radical (unpaired) electrons. The number of carbonyl (C=O) groups is 1. The topological polar surface area (TPSA) is 55.6 Å². The smallest absolute Gasteiger partial charge is 0.338 e. The van der Waals surface area contributed by atoms with Crippen LogP contribution in [0.15, 0.2) is 48.5 Å². The summed E-state index contributed by atoms with van der Waals surface area (Å²) in [7, 11) is 4.05. The molecule has 2 atom stereocenters. The minimum absolute atomic E-state index is 0.0812. The zero-order valence-corrected chi connectivity index (χ0v) is 13.5. The van der Waals surface area contributed by atoms with Gasteiger partial charge in [-0.05, 0) is 62.3 Å². The monoisotopic (exact) mass is 310 g/mol. The van der Waals surface area contributed by atoms with E-state index in [-0.39, 0.29) is 18.1 Å².